The summed E-state index contributed by atoms with van der Waals surface area (Å²) in [5.41, 5.74) is 6.95. The molecule has 0 radical (unpaired) electrons. The molecule has 0 saturated carbocycles. The number of hydrogen-bond acceptors (Lipinski definition) is 2. The number of aryl methyl sites for hydroxylation is 2. The fourth-order valence-corrected chi connectivity index (χ4v) is 3.61. The predicted molar refractivity (Wildman–Crippen MR) is 102 cm³/mol. The maximum absolute atomic E-state index is 4.10. The van der Waals surface area contributed by atoms with E-state index in [0.717, 1.165) is 12.2 Å². The van der Waals surface area contributed by atoms with Gasteiger partial charge in [-0.3, -0.25) is 0 Å². The zero-order chi connectivity index (χ0) is 17.1. The third-order valence-electron chi connectivity index (χ3n) is 5.22. The minimum Gasteiger partial charge on any atom is -0.306 e. The molecule has 4 rings (SSSR count). The van der Waals surface area contributed by atoms with E-state index in [0.29, 0.717) is 6.04 Å². The number of aromatic nitrogens is 2. The first-order chi connectivity index (χ1) is 12.3. The molecule has 3 nitrogen and oxygen atoms in total. The Kier molecular flexibility index (Phi) is 4.66. The highest BCUT2D eigenvalue weighted by Crippen LogP contribution is 2.25. The van der Waals surface area contributed by atoms with Crippen molar-refractivity contribution in [3.05, 3.63) is 83.4 Å². The Morgan fingerprint density at radius 3 is 2.60 bits per heavy atom. The van der Waals surface area contributed by atoms with E-state index in [-0.39, 0.29) is 0 Å². The lowest BCUT2D eigenvalue weighted by molar-refractivity contribution is 0.572. The number of imidazole rings is 1. The summed E-state index contributed by atoms with van der Waals surface area (Å²) in [4.78, 5) is 4.10. The molecular formula is C22H25N3. The van der Waals surface area contributed by atoms with Crippen LogP contribution in [0.3, 0.4) is 0 Å². The SMILES string of the molecule is C[C@H](NCc1ccc(-n2ccnc2)cc1)c1ccc2c(c1)CCCC2. The van der Waals surface area contributed by atoms with Crippen molar-refractivity contribution < 1.29 is 0 Å². The molecule has 1 heterocycles. The summed E-state index contributed by atoms with van der Waals surface area (Å²) in [5.74, 6) is 0. The van der Waals surface area contributed by atoms with Crippen LogP contribution in [0, 0.1) is 0 Å². The van der Waals surface area contributed by atoms with Gasteiger partial charge in [0.05, 0.1) is 6.33 Å². The highest BCUT2D eigenvalue weighted by atomic mass is 15.0. The van der Waals surface area contributed by atoms with Crippen LogP contribution in [0.15, 0.2) is 61.2 Å². The molecule has 0 aliphatic heterocycles. The highest BCUT2D eigenvalue weighted by molar-refractivity contribution is 5.36. The van der Waals surface area contributed by atoms with E-state index >= 15 is 0 Å². The van der Waals surface area contributed by atoms with Crippen molar-refractivity contribution in [2.75, 3.05) is 0 Å². The molecule has 2 aromatic carbocycles. The third kappa shape index (κ3) is 3.67. The molecule has 3 heteroatoms. The van der Waals surface area contributed by atoms with Gasteiger partial charge in [-0.2, -0.15) is 0 Å². The van der Waals surface area contributed by atoms with E-state index in [1.54, 1.807) is 17.3 Å². The van der Waals surface area contributed by atoms with Crippen LogP contribution in [0.4, 0.5) is 0 Å². The first-order valence-electron chi connectivity index (χ1n) is 9.22. The zero-order valence-electron chi connectivity index (χ0n) is 14.8. The van der Waals surface area contributed by atoms with Gasteiger partial charge in [-0.05, 0) is 67.0 Å². The largest absolute Gasteiger partial charge is 0.306 e. The second-order valence-electron chi connectivity index (χ2n) is 6.97. The van der Waals surface area contributed by atoms with Crippen molar-refractivity contribution in [1.82, 2.24) is 14.9 Å². The molecular weight excluding hydrogens is 306 g/mol. The van der Waals surface area contributed by atoms with Gasteiger partial charge in [-0.25, -0.2) is 4.98 Å². The van der Waals surface area contributed by atoms with Crippen LogP contribution in [0.5, 0.6) is 0 Å². The summed E-state index contributed by atoms with van der Waals surface area (Å²) < 4.78 is 2.02. The van der Waals surface area contributed by atoms with Crippen LogP contribution < -0.4 is 5.32 Å². The van der Waals surface area contributed by atoms with Crippen molar-refractivity contribution in [3.63, 3.8) is 0 Å². The molecule has 0 spiro atoms. The molecule has 128 valence electrons. The van der Waals surface area contributed by atoms with Gasteiger partial charge in [-0.15, -0.1) is 0 Å². The average molecular weight is 331 g/mol. The second kappa shape index (κ2) is 7.24. The molecule has 0 amide bonds. The minimum atomic E-state index is 0.362. The van der Waals surface area contributed by atoms with E-state index in [4.69, 9.17) is 0 Å². The number of fused-ring (bicyclic) bond motifs is 1. The molecule has 25 heavy (non-hydrogen) atoms. The summed E-state index contributed by atoms with van der Waals surface area (Å²) in [6, 6.07) is 16.1. The van der Waals surface area contributed by atoms with Crippen LogP contribution in [0.1, 0.15) is 48.1 Å². The normalized spacial score (nSPS) is 14.9. The molecule has 0 unspecified atom stereocenters. The zero-order valence-corrected chi connectivity index (χ0v) is 14.8. The van der Waals surface area contributed by atoms with Crippen LogP contribution in [0.2, 0.25) is 0 Å². The van der Waals surface area contributed by atoms with Crippen LogP contribution in [0.25, 0.3) is 5.69 Å². The van der Waals surface area contributed by atoms with Crippen molar-refractivity contribution >= 4 is 0 Å². The van der Waals surface area contributed by atoms with Crippen LogP contribution in [-0.4, -0.2) is 9.55 Å². The van der Waals surface area contributed by atoms with Gasteiger partial charge in [0.25, 0.3) is 0 Å². The quantitative estimate of drug-likeness (QED) is 0.740. The van der Waals surface area contributed by atoms with Gasteiger partial charge in [0, 0.05) is 30.7 Å². The highest BCUT2D eigenvalue weighted by Gasteiger charge is 2.12. The van der Waals surface area contributed by atoms with E-state index in [1.807, 2.05) is 17.1 Å². The van der Waals surface area contributed by atoms with Crippen molar-refractivity contribution in [2.45, 2.75) is 45.2 Å². The molecule has 1 aromatic heterocycles. The first kappa shape index (κ1) is 16.1. The molecule has 1 atom stereocenters. The van der Waals surface area contributed by atoms with Gasteiger partial charge in [0.2, 0.25) is 0 Å². The minimum absolute atomic E-state index is 0.362. The Balaban J connectivity index is 1.39. The predicted octanol–water partition coefficient (Wildman–Crippen LogP) is 4.60. The Morgan fingerprint density at radius 2 is 1.84 bits per heavy atom. The van der Waals surface area contributed by atoms with Crippen molar-refractivity contribution in [3.8, 4) is 5.69 Å². The number of nitrogens with zero attached hydrogens (tertiary/aromatic N) is 2. The first-order valence-corrected chi connectivity index (χ1v) is 9.22. The second-order valence-corrected chi connectivity index (χ2v) is 6.97. The summed E-state index contributed by atoms with van der Waals surface area (Å²) in [6.07, 6.45) is 10.8. The lowest BCUT2D eigenvalue weighted by Crippen LogP contribution is -2.18. The summed E-state index contributed by atoms with van der Waals surface area (Å²) in [5, 5.41) is 3.66. The average Bonchev–Trinajstić information content (AvgIpc) is 3.21. The van der Waals surface area contributed by atoms with Gasteiger partial charge in [-0.1, -0.05) is 30.3 Å². The van der Waals surface area contributed by atoms with Crippen LogP contribution >= 0.6 is 0 Å². The standard InChI is InChI=1S/C22H25N3/c1-17(20-9-8-19-4-2-3-5-21(19)14-20)24-15-18-6-10-22(11-7-18)25-13-12-23-16-25/h6-14,16-17,24H,2-5,15H2,1H3/t17-/m0/s1. The summed E-state index contributed by atoms with van der Waals surface area (Å²) in [7, 11) is 0. The topological polar surface area (TPSA) is 29.9 Å². The molecule has 1 aliphatic carbocycles. The van der Waals surface area contributed by atoms with Gasteiger partial charge in [0.1, 0.15) is 0 Å². The molecule has 0 saturated heterocycles. The third-order valence-corrected chi connectivity index (χ3v) is 5.22. The maximum atomic E-state index is 4.10. The monoisotopic (exact) mass is 331 g/mol. The Hall–Kier alpha value is -2.39. The van der Waals surface area contributed by atoms with Gasteiger partial charge < -0.3 is 9.88 Å². The summed E-state index contributed by atoms with van der Waals surface area (Å²) >= 11 is 0. The summed E-state index contributed by atoms with van der Waals surface area (Å²) in [6.45, 7) is 3.13. The van der Waals surface area contributed by atoms with Crippen LogP contribution in [-0.2, 0) is 19.4 Å². The molecule has 3 aromatic rings. The number of hydrogen-bond donors (Lipinski definition) is 1. The lowest BCUT2D eigenvalue weighted by atomic mass is 9.89. The molecule has 0 bridgehead atoms. The van der Waals surface area contributed by atoms with E-state index in [1.165, 1.54) is 36.8 Å². The Morgan fingerprint density at radius 1 is 1.04 bits per heavy atom. The number of rotatable bonds is 5. The number of benzene rings is 2. The molecule has 0 fully saturated rings. The van der Waals surface area contributed by atoms with E-state index < -0.39 is 0 Å². The maximum Gasteiger partial charge on any atom is 0.0991 e. The Labute approximate surface area is 149 Å². The number of nitrogens with one attached hydrogen (secondary N) is 1. The van der Waals surface area contributed by atoms with Crippen molar-refractivity contribution in [1.29, 1.82) is 0 Å². The van der Waals surface area contributed by atoms with E-state index in [9.17, 15) is 0 Å². The fourth-order valence-electron chi connectivity index (χ4n) is 3.61. The Bertz CT molecular complexity index is 819. The fraction of sp³-hybridized carbons (Fsp3) is 0.318. The smallest absolute Gasteiger partial charge is 0.0991 e. The lowest BCUT2D eigenvalue weighted by Gasteiger charge is -2.20. The van der Waals surface area contributed by atoms with Crippen molar-refractivity contribution in [2.24, 2.45) is 0 Å². The van der Waals surface area contributed by atoms with E-state index in [2.05, 4.69) is 59.7 Å². The molecule has 1 N–H and O–H groups in total. The van der Waals surface area contributed by atoms with Gasteiger partial charge in [0.15, 0.2) is 0 Å². The van der Waals surface area contributed by atoms with Gasteiger partial charge >= 0.3 is 0 Å². The molecule has 1 aliphatic rings.